The van der Waals surface area contributed by atoms with E-state index in [4.69, 9.17) is 4.74 Å². The van der Waals surface area contributed by atoms with E-state index in [1.807, 2.05) is 19.9 Å². The number of ketones is 1. The largest absolute Gasteiger partial charge is 0.452 e. The third kappa shape index (κ3) is 3.48. The van der Waals surface area contributed by atoms with Gasteiger partial charge in [0.15, 0.2) is 11.9 Å². The van der Waals surface area contributed by atoms with Gasteiger partial charge in [0.25, 0.3) is 0 Å². The average molecular weight is 471 g/mol. The first-order valence-electron chi connectivity index (χ1n) is 13.5. The summed E-state index contributed by atoms with van der Waals surface area (Å²) in [4.78, 5) is 25.5. The first-order chi connectivity index (χ1) is 16.0. The highest BCUT2D eigenvalue weighted by Gasteiger charge is 2.62. The average Bonchev–Trinajstić information content (AvgIpc) is 3.34. The first-order valence-corrected chi connectivity index (χ1v) is 13.5. The predicted octanol–water partition coefficient (Wildman–Crippen LogP) is 4.61. The van der Waals surface area contributed by atoms with Gasteiger partial charge in [-0.05, 0) is 97.0 Å². The summed E-state index contributed by atoms with van der Waals surface area (Å²) in [5.74, 6) is 1.07. The molecule has 1 heterocycles. The fraction of sp³-hybridized carbons (Fsp3) is 0.793. The number of hydrogen-bond donors (Lipinski definition) is 2. The number of aliphatic hydroxyl groups is 2. The quantitative estimate of drug-likeness (QED) is 0.586. The summed E-state index contributed by atoms with van der Waals surface area (Å²) in [7, 11) is 0. The number of ether oxygens (including phenoxy) is 1. The Hall–Kier alpha value is -1.46. The topological polar surface area (TPSA) is 83.8 Å². The number of cyclic esters (lactones) is 1. The van der Waals surface area contributed by atoms with Crippen LogP contribution in [0.2, 0.25) is 0 Å². The Morgan fingerprint density at radius 3 is 2.44 bits per heavy atom. The number of rotatable bonds is 4. The van der Waals surface area contributed by atoms with Crippen molar-refractivity contribution in [2.45, 2.75) is 97.9 Å². The normalized spacial score (nSPS) is 45.6. The molecule has 34 heavy (non-hydrogen) atoms. The maximum Gasteiger partial charge on any atom is 0.331 e. The molecule has 0 spiro atoms. The van der Waals surface area contributed by atoms with Crippen LogP contribution < -0.4 is 0 Å². The van der Waals surface area contributed by atoms with E-state index in [-0.39, 0.29) is 46.4 Å². The summed E-state index contributed by atoms with van der Waals surface area (Å²) >= 11 is 0. The van der Waals surface area contributed by atoms with Crippen LogP contribution in [0, 0.1) is 46.3 Å². The van der Waals surface area contributed by atoms with Gasteiger partial charge in [-0.25, -0.2) is 4.79 Å². The molecule has 0 aromatic carbocycles. The van der Waals surface area contributed by atoms with Crippen LogP contribution in [-0.2, 0) is 14.3 Å². The lowest BCUT2D eigenvalue weighted by Crippen LogP contribution is -2.54. The fourth-order valence-electron chi connectivity index (χ4n) is 9.01. The molecule has 3 unspecified atom stereocenters. The van der Waals surface area contributed by atoms with Crippen molar-refractivity contribution in [2.24, 2.45) is 46.3 Å². The molecule has 5 nitrogen and oxygen atoms in total. The second-order valence-corrected chi connectivity index (χ2v) is 12.9. The number of allylic oxidation sites excluding steroid dienone is 1. The molecular formula is C29H42O5. The summed E-state index contributed by atoms with van der Waals surface area (Å²) in [5, 5.41) is 21.6. The molecule has 0 aromatic heterocycles. The Morgan fingerprint density at radius 1 is 1.00 bits per heavy atom. The molecule has 0 radical (unpaired) electrons. The predicted molar refractivity (Wildman–Crippen MR) is 130 cm³/mol. The summed E-state index contributed by atoms with van der Waals surface area (Å²) in [6.45, 7) is 10.9. The monoisotopic (exact) mass is 470 g/mol. The molecule has 10 atom stereocenters. The van der Waals surface area contributed by atoms with E-state index in [0.717, 1.165) is 44.1 Å². The van der Waals surface area contributed by atoms with Gasteiger partial charge >= 0.3 is 5.97 Å². The smallest absolute Gasteiger partial charge is 0.331 e. The Kier molecular flexibility index (Phi) is 5.92. The van der Waals surface area contributed by atoms with E-state index >= 15 is 0 Å². The van der Waals surface area contributed by atoms with E-state index in [9.17, 15) is 19.8 Å². The van der Waals surface area contributed by atoms with Crippen LogP contribution in [-0.4, -0.2) is 40.3 Å². The zero-order chi connectivity index (χ0) is 24.6. The molecule has 3 fully saturated rings. The van der Waals surface area contributed by atoms with Crippen molar-refractivity contribution in [1.82, 2.24) is 0 Å². The van der Waals surface area contributed by atoms with Gasteiger partial charge in [-0.2, -0.15) is 0 Å². The fourth-order valence-corrected chi connectivity index (χ4v) is 9.01. The third-order valence-electron chi connectivity index (χ3n) is 11.0. The molecule has 4 aliphatic carbocycles. The zero-order valence-electron chi connectivity index (χ0n) is 21.4. The highest BCUT2D eigenvalue weighted by molar-refractivity contribution is 5.94. The molecule has 0 bridgehead atoms. The van der Waals surface area contributed by atoms with Gasteiger partial charge in [0.1, 0.15) is 0 Å². The van der Waals surface area contributed by atoms with Crippen molar-refractivity contribution in [2.75, 3.05) is 0 Å². The molecular weight excluding hydrogens is 428 g/mol. The van der Waals surface area contributed by atoms with E-state index in [0.29, 0.717) is 24.2 Å². The summed E-state index contributed by atoms with van der Waals surface area (Å²) < 4.78 is 5.57. The van der Waals surface area contributed by atoms with Gasteiger partial charge in [-0.3, -0.25) is 4.79 Å². The lowest BCUT2D eigenvalue weighted by Gasteiger charge is -2.57. The van der Waals surface area contributed by atoms with Gasteiger partial charge in [0.05, 0.1) is 12.2 Å². The van der Waals surface area contributed by atoms with Crippen molar-refractivity contribution in [3.63, 3.8) is 0 Å². The maximum absolute atomic E-state index is 13.5. The molecule has 0 saturated heterocycles. The van der Waals surface area contributed by atoms with Crippen molar-refractivity contribution >= 4 is 11.8 Å². The minimum absolute atomic E-state index is 0.00255. The molecule has 5 aliphatic rings. The van der Waals surface area contributed by atoms with Crippen LogP contribution in [0.4, 0.5) is 0 Å². The standard InChI is InChI=1S/C29H42O5/c1-15(2)19-14-24(32)34-27(19)26(33)16(3)20-6-7-21-25-22(9-11-29(20,21)5)28(4)10-8-18(30)12-17(28)13-23(25)31/h13-16,18,20-22,25-27,30,33H,6-12H2,1-5H3/t16?,18-,20+,21-,22-,25-,26?,27?,28-,29+/m0/s1. The SMILES string of the molecule is CC(C)C1=CC(=O)OC1C(O)C(C)[C@H]1CC[C@H]2[C@@H]3C(=O)C=C4C[C@@H](O)CC[C@]4(C)[C@H]3CC[C@]12C. The highest BCUT2D eigenvalue weighted by atomic mass is 16.6. The summed E-state index contributed by atoms with van der Waals surface area (Å²) in [5.41, 5.74) is 2.09. The molecule has 5 heteroatoms. The minimum atomic E-state index is -0.732. The van der Waals surface area contributed by atoms with E-state index < -0.39 is 12.2 Å². The molecule has 188 valence electrons. The number of esters is 1. The molecule has 3 saturated carbocycles. The Morgan fingerprint density at radius 2 is 1.74 bits per heavy atom. The number of carbonyl (C=O) groups is 2. The van der Waals surface area contributed by atoms with E-state index in [1.165, 1.54) is 5.57 Å². The van der Waals surface area contributed by atoms with Crippen molar-refractivity contribution < 1.29 is 24.5 Å². The third-order valence-corrected chi connectivity index (χ3v) is 11.0. The lowest BCUT2D eigenvalue weighted by molar-refractivity contribution is -0.148. The van der Waals surface area contributed by atoms with Crippen molar-refractivity contribution in [3.8, 4) is 0 Å². The van der Waals surface area contributed by atoms with E-state index in [2.05, 4.69) is 20.8 Å². The van der Waals surface area contributed by atoms with Crippen LogP contribution in [0.1, 0.15) is 79.6 Å². The second-order valence-electron chi connectivity index (χ2n) is 12.9. The highest BCUT2D eigenvalue weighted by Crippen LogP contribution is 2.66. The second kappa shape index (κ2) is 8.30. The molecule has 0 aromatic rings. The van der Waals surface area contributed by atoms with Gasteiger partial charge < -0.3 is 14.9 Å². The Labute approximate surface area is 204 Å². The summed E-state index contributed by atoms with van der Waals surface area (Å²) in [6, 6.07) is 0. The molecule has 2 N–H and O–H groups in total. The Bertz CT molecular complexity index is 933. The van der Waals surface area contributed by atoms with E-state index in [1.54, 1.807) is 6.08 Å². The number of aliphatic hydroxyl groups excluding tert-OH is 2. The zero-order valence-corrected chi connectivity index (χ0v) is 21.4. The van der Waals surface area contributed by atoms with Crippen LogP contribution in [0.3, 0.4) is 0 Å². The van der Waals surface area contributed by atoms with Crippen molar-refractivity contribution in [1.29, 1.82) is 0 Å². The molecule has 5 rings (SSSR count). The van der Waals surface area contributed by atoms with Crippen LogP contribution in [0.5, 0.6) is 0 Å². The minimum Gasteiger partial charge on any atom is -0.452 e. The van der Waals surface area contributed by atoms with Crippen LogP contribution >= 0.6 is 0 Å². The number of fused-ring (bicyclic) bond motifs is 5. The van der Waals surface area contributed by atoms with Gasteiger partial charge in [-0.15, -0.1) is 0 Å². The maximum atomic E-state index is 13.5. The van der Waals surface area contributed by atoms with Gasteiger partial charge in [0.2, 0.25) is 0 Å². The molecule has 1 aliphatic heterocycles. The summed E-state index contributed by atoms with van der Waals surface area (Å²) in [6.07, 6.45) is 8.40. The number of hydrogen-bond acceptors (Lipinski definition) is 5. The first kappa shape index (κ1) is 24.2. The van der Waals surface area contributed by atoms with Crippen LogP contribution in [0.25, 0.3) is 0 Å². The van der Waals surface area contributed by atoms with Gasteiger partial charge in [-0.1, -0.05) is 40.2 Å². The number of carbonyl (C=O) groups excluding carboxylic acids is 2. The molecule has 0 amide bonds. The Balaban J connectivity index is 1.40. The van der Waals surface area contributed by atoms with Gasteiger partial charge in [0, 0.05) is 12.0 Å². The van der Waals surface area contributed by atoms with Crippen molar-refractivity contribution in [3.05, 3.63) is 23.3 Å². The van der Waals surface area contributed by atoms with Crippen LogP contribution in [0.15, 0.2) is 23.3 Å². The lowest BCUT2D eigenvalue weighted by atomic mass is 9.46.